The first-order valence-corrected chi connectivity index (χ1v) is 9.39. The Morgan fingerprint density at radius 1 is 1.57 bits per heavy atom. The second-order valence-electron chi connectivity index (χ2n) is 4.56. The Balaban J connectivity index is 2.26. The van der Waals surface area contributed by atoms with Gasteiger partial charge in [-0.05, 0) is 12.1 Å². The lowest BCUT2D eigenvalue weighted by atomic mass is 10.3. The number of sulfone groups is 1. The molecule has 2 heterocycles. The molecule has 1 saturated heterocycles. The number of nitrogen functional groups attached to an aromatic ring is 1. The van der Waals surface area contributed by atoms with Gasteiger partial charge in [0, 0.05) is 23.8 Å². The Morgan fingerprint density at radius 2 is 2.33 bits per heavy atom. The van der Waals surface area contributed by atoms with E-state index in [4.69, 9.17) is 5.84 Å². The van der Waals surface area contributed by atoms with Crippen LogP contribution in [0.3, 0.4) is 0 Å². The molecular formula is C12H18N4O3S2. The van der Waals surface area contributed by atoms with E-state index in [1.165, 1.54) is 17.2 Å². The molecule has 0 bridgehead atoms. The topological polar surface area (TPSA) is 105 Å². The molecule has 2 rings (SSSR count). The van der Waals surface area contributed by atoms with Gasteiger partial charge < -0.3 is 10.3 Å². The molecule has 1 atom stereocenters. The molecule has 0 radical (unpaired) electrons. The summed E-state index contributed by atoms with van der Waals surface area (Å²) in [6.07, 6.45) is 1.44. The molecule has 1 aromatic heterocycles. The lowest BCUT2D eigenvalue weighted by Gasteiger charge is -2.34. The number of anilines is 1. The van der Waals surface area contributed by atoms with Crippen LogP contribution < -0.4 is 11.3 Å². The van der Waals surface area contributed by atoms with Crippen LogP contribution in [0.15, 0.2) is 18.3 Å². The number of carbonyl (C=O) groups excluding carboxylic acids is 1. The number of pyridine rings is 1. The van der Waals surface area contributed by atoms with Crippen molar-refractivity contribution in [3.8, 4) is 0 Å². The van der Waals surface area contributed by atoms with E-state index in [0.29, 0.717) is 18.0 Å². The van der Waals surface area contributed by atoms with Crippen LogP contribution in [-0.2, 0) is 9.84 Å². The van der Waals surface area contributed by atoms with Gasteiger partial charge in [0.1, 0.15) is 11.1 Å². The van der Waals surface area contributed by atoms with Gasteiger partial charge >= 0.3 is 0 Å². The second kappa shape index (κ2) is 6.63. The van der Waals surface area contributed by atoms with Gasteiger partial charge in [-0.1, -0.05) is 6.92 Å². The van der Waals surface area contributed by atoms with Crippen molar-refractivity contribution < 1.29 is 13.2 Å². The Hall–Kier alpha value is -1.32. The highest BCUT2D eigenvalue weighted by Crippen LogP contribution is 2.23. The third-order valence-electron chi connectivity index (χ3n) is 3.31. The first-order valence-electron chi connectivity index (χ1n) is 6.52. The lowest BCUT2D eigenvalue weighted by molar-refractivity contribution is 0.0743. The zero-order chi connectivity index (χ0) is 15.5. The Kier molecular flexibility index (Phi) is 5.07. The number of nitrogens with two attached hydrogens (primary N) is 1. The van der Waals surface area contributed by atoms with E-state index >= 15 is 0 Å². The van der Waals surface area contributed by atoms with Crippen LogP contribution in [0.2, 0.25) is 0 Å². The summed E-state index contributed by atoms with van der Waals surface area (Å²) in [5.41, 5.74) is 3.23. The summed E-state index contributed by atoms with van der Waals surface area (Å²) in [4.78, 5) is 18.0. The standard InChI is InChI=1S/C12H18N4O3S2/c1-2-21(18,19)11-8-20-6-5-16(11)12(17)10-4-3-9(15-13)7-14-10/h3-4,7,11,15H,2,5-6,8,13H2,1H3. The van der Waals surface area contributed by atoms with Crippen molar-refractivity contribution in [2.45, 2.75) is 12.3 Å². The molecule has 3 N–H and O–H groups in total. The third-order valence-corrected chi connectivity index (χ3v) is 6.60. The van der Waals surface area contributed by atoms with Gasteiger partial charge in [-0.2, -0.15) is 11.8 Å². The van der Waals surface area contributed by atoms with Crippen LogP contribution in [0, 0.1) is 0 Å². The molecule has 116 valence electrons. The van der Waals surface area contributed by atoms with Crippen molar-refractivity contribution in [2.24, 2.45) is 5.84 Å². The fourth-order valence-corrected chi connectivity index (χ4v) is 5.02. The fraction of sp³-hybridized carbons (Fsp3) is 0.500. The summed E-state index contributed by atoms with van der Waals surface area (Å²) in [6, 6.07) is 3.16. The summed E-state index contributed by atoms with van der Waals surface area (Å²) < 4.78 is 24.3. The van der Waals surface area contributed by atoms with Gasteiger partial charge in [0.05, 0.1) is 11.9 Å². The van der Waals surface area contributed by atoms with Crippen molar-refractivity contribution in [3.05, 3.63) is 24.0 Å². The molecule has 1 aliphatic rings. The predicted octanol–water partition coefficient (Wildman–Crippen LogP) is 0.317. The Bertz CT molecular complexity index is 603. The predicted molar refractivity (Wildman–Crippen MR) is 83.7 cm³/mol. The quantitative estimate of drug-likeness (QED) is 0.605. The molecule has 0 saturated carbocycles. The number of hydrogen-bond acceptors (Lipinski definition) is 7. The van der Waals surface area contributed by atoms with Gasteiger partial charge in [-0.15, -0.1) is 0 Å². The normalized spacial score (nSPS) is 19.3. The largest absolute Gasteiger partial charge is 0.323 e. The number of hydrazine groups is 1. The van der Waals surface area contributed by atoms with Gasteiger partial charge in [-0.25, -0.2) is 13.4 Å². The molecule has 7 nitrogen and oxygen atoms in total. The van der Waals surface area contributed by atoms with Gasteiger partial charge in [0.25, 0.3) is 5.91 Å². The molecule has 0 aliphatic carbocycles. The SMILES string of the molecule is CCS(=O)(=O)C1CSCCN1C(=O)c1ccc(NN)cn1. The van der Waals surface area contributed by atoms with Crippen molar-refractivity contribution in [3.63, 3.8) is 0 Å². The average molecular weight is 330 g/mol. The van der Waals surface area contributed by atoms with E-state index in [1.807, 2.05) is 0 Å². The first-order chi connectivity index (χ1) is 9.99. The van der Waals surface area contributed by atoms with Crippen LogP contribution in [0.25, 0.3) is 0 Å². The van der Waals surface area contributed by atoms with E-state index in [2.05, 4.69) is 10.4 Å². The minimum atomic E-state index is -3.31. The zero-order valence-electron chi connectivity index (χ0n) is 11.7. The van der Waals surface area contributed by atoms with Crippen LogP contribution in [0.5, 0.6) is 0 Å². The van der Waals surface area contributed by atoms with Crippen molar-refractivity contribution in [1.82, 2.24) is 9.88 Å². The number of hydrogen-bond donors (Lipinski definition) is 2. The maximum absolute atomic E-state index is 12.5. The molecule has 1 aromatic rings. The van der Waals surface area contributed by atoms with E-state index in [9.17, 15) is 13.2 Å². The molecule has 1 amide bonds. The molecule has 21 heavy (non-hydrogen) atoms. The summed E-state index contributed by atoms with van der Waals surface area (Å²) in [7, 11) is -3.31. The maximum Gasteiger partial charge on any atom is 0.273 e. The number of rotatable bonds is 4. The third kappa shape index (κ3) is 3.47. The van der Waals surface area contributed by atoms with Gasteiger partial charge in [0.15, 0.2) is 9.84 Å². The molecule has 1 unspecified atom stereocenters. The zero-order valence-corrected chi connectivity index (χ0v) is 13.3. The summed E-state index contributed by atoms with van der Waals surface area (Å²) in [5, 5.41) is -0.775. The minimum absolute atomic E-state index is 0.0193. The summed E-state index contributed by atoms with van der Waals surface area (Å²) in [5.74, 6) is 6.04. The van der Waals surface area contributed by atoms with E-state index in [1.54, 1.807) is 24.8 Å². The second-order valence-corrected chi connectivity index (χ2v) is 8.15. The molecule has 0 aromatic carbocycles. The highest BCUT2D eigenvalue weighted by atomic mass is 32.2. The number of nitrogens with zero attached hydrogens (tertiary/aromatic N) is 2. The maximum atomic E-state index is 12.5. The van der Waals surface area contributed by atoms with Crippen LogP contribution in [-0.4, -0.2) is 53.4 Å². The molecule has 1 fully saturated rings. The molecule has 1 aliphatic heterocycles. The minimum Gasteiger partial charge on any atom is -0.323 e. The number of aromatic nitrogens is 1. The number of thioether (sulfide) groups is 1. The lowest BCUT2D eigenvalue weighted by Crippen LogP contribution is -2.50. The fourth-order valence-electron chi connectivity index (χ4n) is 2.06. The molecule has 0 spiro atoms. The van der Waals surface area contributed by atoms with Crippen LogP contribution >= 0.6 is 11.8 Å². The highest BCUT2D eigenvalue weighted by molar-refractivity contribution is 8.01. The molecule has 9 heteroatoms. The molecular weight excluding hydrogens is 312 g/mol. The number of amides is 1. The van der Waals surface area contributed by atoms with Crippen molar-refractivity contribution in [1.29, 1.82) is 0 Å². The summed E-state index contributed by atoms with van der Waals surface area (Å²) >= 11 is 1.55. The number of carbonyl (C=O) groups is 1. The highest BCUT2D eigenvalue weighted by Gasteiger charge is 2.36. The number of nitrogens with one attached hydrogen (secondary N) is 1. The van der Waals surface area contributed by atoms with Crippen molar-refractivity contribution >= 4 is 33.2 Å². The monoisotopic (exact) mass is 330 g/mol. The van der Waals surface area contributed by atoms with Gasteiger partial charge in [0.2, 0.25) is 0 Å². The smallest absolute Gasteiger partial charge is 0.273 e. The van der Waals surface area contributed by atoms with Crippen LogP contribution in [0.1, 0.15) is 17.4 Å². The Labute approximate surface area is 128 Å². The van der Waals surface area contributed by atoms with Gasteiger partial charge in [-0.3, -0.25) is 10.6 Å². The average Bonchev–Trinajstić information content (AvgIpc) is 2.54. The van der Waals surface area contributed by atoms with E-state index in [0.717, 1.165) is 5.75 Å². The summed E-state index contributed by atoms with van der Waals surface area (Å²) in [6.45, 7) is 2.00. The van der Waals surface area contributed by atoms with Crippen LogP contribution in [0.4, 0.5) is 5.69 Å². The van der Waals surface area contributed by atoms with E-state index in [-0.39, 0.29) is 17.4 Å². The van der Waals surface area contributed by atoms with E-state index < -0.39 is 15.2 Å². The first kappa shape index (κ1) is 16.1. The Morgan fingerprint density at radius 3 is 2.90 bits per heavy atom. The van der Waals surface area contributed by atoms with Crippen molar-refractivity contribution in [2.75, 3.05) is 29.2 Å².